The van der Waals surface area contributed by atoms with E-state index in [1.807, 2.05) is 0 Å². The Hall–Kier alpha value is -3.23. The standard InChI is InChI=1S/C17H17F3N4O2/c1-22-15(25)12-4-2-11(3-5-12)10-23-16(21)24-13-6-8-14(9-7-13)26-17(18,19)20/h2-9H,10H2,1H3,(H,22,25)(H3,21,23,24). The van der Waals surface area contributed by atoms with Crippen molar-refractivity contribution in [3.63, 3.8) is 0 Å². The molecule has 4 N–H and O–H groups in total. The van der Waals surface area contributed by atoms with Crippen molar-refractivity contribution in [2.75, 3.05) is 12.4 Å². The van der Waals surface area contributed by atoms with E-state index in [2.05, 4.69) is 20.4 Å². The molecule has 0 radical (unpaired) electrons. The number of carbonyl (C=O) groups excluding carboxylic acids is 1. The minimum Gasteiger partial charge on any atom is -0.406 e. The first kappa shape index (κ1) is 19.1. The van der Waals surface area contributed by atoms with E-state index in [-0.39, 0.29) is 24.2 Å². The highest BCUT2D eigenvalue weighted by Gasteiger charge is 2.30. The predicted octanol–water partition coefficient (Wildman–Crippen LogP) is 2.87. The lowest BCUT2D eigenvalue weighted by molar-refractivity contribution is -0.274. The number of rotatable bonds is 5. The highest BCUT2D eigenvalue weighted by molar-refractivity contribution is 5.94. The summed E-state index contributed by atoms with van der Waals surface area (Å²) in [6, 6.07) is 12.0. The molecule has 0 fully saturated rings. The van der Waals surface area contributed by atoms with E-state index in [1.165, 1.54) is 24.3 Å². The Bertz CT molecular complexity index is 772. The third-order valence-electron chi connectivity index (χ3n) is 3.24. The predicted molar refractivity (Wildman–Crippen MR) is 91.9 cm³/mol. The number of benzene rings is 2. The molecule has 0 unspecified atom stereocenters. The molecule has 0 saturated carbocycles. The molecule has 6 nitrogen and oxygen atoms in total. The highest BCUT2D eigenvalue weighted by Crippen LogP contribution is 2.23. The van der Waals surface area contributed by atoms with Crippen LogP contribution in [-0.4, -0.2) is 25.3 Å². The Kier molecular flexibility index (Phi) is 6.05. The lowest BCUT2D eigenvalue weighted by Crippen LogP contribution is -2.22. The lowest BCUT2D eigenvalue weighted by atomic mass is 10.1. The Morgan fingerprint density at radius 2 is 1.73 bits per heavy atom. The number of aliphatic imine (C=N–C) groups is 1. The lowest BCUT2D eigenvalue weighted by Gasteiger charge is -2.10. The minimum absolute atomic E-state index is 0.102. The molecule has 138 valence electrons. The van der Waals surface area contributed by atoms with Gasteiger partial charge >= 0.3 is 6.36 Å². The van der Waals surface area contributed by atoms with Crippen molar-refractivity contribution in [1.82, 2.24) is 5.32 Å². The number of carbonyl (C=O) groups is 1. The molecule has 0 aliphatic rings. The third-order valence-corrected chi connectivity index (χ3v) is 3.24. The summed E-state index contributed by atoms with van der Waals surface area (Å²) in [6.45, 7) is 0.280. The minimum atomic E-state index is -4.73. The summed E-state index contributed by atoms with van der Waals surface area (Å²) in [5.74, 6) is -0.404. The van der Waals surface area contributed by atoms with E-state index in [9.17, 15) is 18.0 Å². The van der Waals surface area contributed by atoms with Crippen molar-refractivity contribution < 1.29 is 22.7 Å². The summed E-state index contributed by atoms with van der Waals surface area (Å²) in [7, 11) is 1.55. The van der Waals surface area contributed by atoms with E-state index in [0.717, 1.165) is 5.56 Å². The maximum Gasteiger partial charge on any atom is 0.573 e. The fourth-order valence-corrected chi connectivity index (χ4v) is 2.01. The van der Waals surface area contributed by atoms with Crippen LogP contribution in [0.15, 0.2) is 53.5 Å². The monoisotopic (exact) mass is 366 g/mol. The number of hydrogen-bond acceptors (Lipinski definition) is 3. The van der Waals surface area contributed by atoms with E-state index >= 15 is 0 Å². The van der Waals surface area contributed by atoms with E-state index in [1.54, 1.807) is 31.3 Å². The van der Waals surface area contributed by atoms with E-state index < -0.39 is 6.36 Å². The van der Waals surface area contributed by atoms with Crippen LogP contribution in [-0.2, 0) is 6.54 Å². The number of anilines is 1. The molecule has 0 heterocycles. The van der Waals surface area contributed by atoms with Gasteiger partial charge in [-0.15, -0.1) is 13.2 Å². The Morgan fingerprint density at radius 3 is 2.27 bits per heavy atom. The van der Waals surface area contributed by atoms with Crippen molar-refractivity contribution in [2.45, 2.75) is 12.9 Å². The van der Waals surface area contributed by atoms with Crippen LogP contribution in [0.25, 0.3) is 0 Å². The quantitative estimate of drug-likeness (QED) is 0.561. The van der Waals surface area contributed by atoms with Crippen LogP contribution in [0, 0.1) is 0 Å². The molecule has 0 aliphatic heterocycles. The summed E-state index contributed by atoms with van der Waals surface area (Å²) >= 11 is 0. The molecule has 0 aliphatic carbocycles. The molecule has 1 amide bonds. The van der Waals surface area contributed by atoms with E-state index in [4.69, 9.17) is 5.73 Å². The second kappa shape index (κ2) is 8.24. The SMILES string of the molecule is CNC(=O)c1ccc(CN=C(N)Nc2ccc(OC(F)(F)F)cc2)cc1. The van der Waals surface area contributed by atoms with Gasteiger partial charge in [-0.3, -0.25) is 4.79 Å². The van der Waals surface area contributed by atoms with Crippen molar-refractivity contribution >= 4 is 17.6 Å². The first-order valence-corrected chi connectivity index (χ1v) is 7.50. The van der Waals surface area contributed by atoms with Gasteiger partial charge in [0, 0.05) is 18.3 Å². The number of alkyl halides is 3. The highest BCUT2D eigenvalue weighted by atomic mass is 19.4. The average molecular weight is 366 g/mol. The fraction of sp³-hybridized carbons (Fsp3) is 0.176. The number of halogens is 3. The molecule has 0 aromatic heterocycles. The molecule has 26 heavy (non-hydrogen) atoms. The zero-order valence-electron chi connectivity index (χ0n) is 13.8. The molecule has 2 aromatic rings. The maximum absolute atomic E-state index is 12.1. The van der Waals surface area contributed by atoms with Gasteiger partial charge in [0.05, 0.1) is 6.54 Å². The van der Waals surface area contributed by atoms with Crippen LogP contribution in [0.2, 0.25) is 0 Å². The van der Waals surface area contributed by atoms with Gasteiger partial charge in [0.2, 0.25) is 0 Å². The van der Waals surface area contributed by atoms with Gasteiger partial charge in [-0.2, -0.15) is 0 Å². The van der Waals surface area contributed by atoms with Crippen LogP contribution < -0.4 is 21.1 Å². The zero-order valence-corrected chi connectivity index (χ0v) is 13.8. The molecular weight excluding hydrogens is 349 g/mol. The topological polar surface area (TPSA) is 88.7 Å². The van der Waals surface area contributed by atoms with E-state index in [0.29, 0.717) is 11.3 Å². The van der Waals surface area contributed by atoms with Gasteiger partial charge in [-0.25, -0.2) is 4.99 Å². The average Bonchev–Trinajstić information content (AvgIpc) is 2.60. The fourth-order valence-electron chi connectivity index (χ4n) is 2.01. The van der Waals surface area contributed by atoms with Gasteiger partial charge in [0.15, 0.2) is 5.96 Å². The van der Waals surface area contributed by atoms with Crippen LogP contribution in [0.3, 0.4) is 0 Å². The molecular formula is C17H17F3N4O2. The maximum atomic E-state index is 12.1. The number of nitrogens with one attached hydrogen (secondary N) is 2. The van der Waals surface area contributed by atoms with Crippen LogP contribution in [0.5, 0.6) is 5.75 Å². The van der Waals surface area contributed by atoms with Gasteiger partial charge in [0.1, 0.15) is 5.75 Å². The van der Waals surface area contributed by atoms with Gasteiger partial charge in [-0.1, -0.05) is 12.1 Å². The Labute approximate surface area is 147 Å². The van der Waals surface area contributed by atoms with Crippen LogP contribution in [0.4, 0.5) is 18.9 Å². The molecule has 2 rings (SSSR count). The van der Waals surface area contributed by atoms with Gasteiger partial charge in [0.25, 0.3) is 5.91 Å². The number of ether oxygens (including phenoxy) is 1. The van der Waals surface area contributed by atoms with Crippen LogP contribution in [0.1, 0.15) is 15.9 Å². The third kappa shape index (κ3) is 6.00. The van der Waals surface area contributed by atoms with Gasteiger partial charge < -0.3 is 21.1 Å². The molecule has 0 bridgehead atoms. The molecule has 0 spiro atoms. The second-order valence-corrected chi connectivity index (χ2v) is 5.17. The second-order valence-electron chi connectivity index (χ2n) is 5.17. The normalized spacial score (nSPS) is 11.8. The number of nitrogens with zero attached hydrogens (tertiary/aromatic N) is 1. The summed E-state index contributed by atoms with van der Waals surface area (Å²) in [5.41, 5.74) is 7.60. The molecule has 9 heteroatoms. The van der Waals surface area contributed by atoms with Gasteiger partial charge in [-0.05, 0) is 42.0 Å². The smallest absolute Gasteiger partial charge is 0.406 e. The van der Waals surface area contributed by atoms with Crippen molar-refractivity contribution in [2.24, 2.45) is 10.7 Å². The largest absolute Gasteiger partial charge is 0.573 e. The summed E-state index contributed by atoms with van der Waals surface area (Å²) in [6.07, 6.45) is -4.73. The first-order valence-electron chi connectivity index (χ1n) is 7.50. The number of amides is 1. The number of hydrogen-bond donors (Lipinski definition) is 3. The molecule has 0 atom stereocenters. The summed E-state index contributed by atoms with van der Waals surface area (Å²) in [4.78, 5) is 15.6. The number of guanidine groups is 1. The van der Waals surface area contributed by atoms with Crippen molar-refractivity contribution in [3.05, 3.63) is 59.7 Å². The molecule has 0 saturated heterocycles. The summed E-state index contributed by atoms with van der Waals surface area (Å²) < 4.78 is 40.1. The van der Waals surface area contributed by atoms with Crippen molar-refractivity contribution in [3.8, 4) is 5.75 Å². The Balaban J connectivity index is 1.92. The van der Waals surface area contributed by atoms with Crippen molar-refractivity contribution in [1.29, 1.82) is 0 Å². The number of nitrogens with two attached hydrogens (primary N) is 1. The molecule has 2 aromatic carbocycles. The first-order chi connectivity index (χ1) is 12.3. The summed E-state index contributed by atoms with van der Waals surface area (Å²) in [5, 5.41) is 5.29. The van der Waals surface area contributed by atoms with Crippen LogP contribution >= 0.6 is 0 Å². The zero-order chi connectivity index (χ0) is 19.2. The Morgan fingerprint density at radius 1 is 1.12 bits per heavy atom.